The average Bonchev–Trinajstić information content (AvgIpc) is 3.53. The topological polar surface area (TPSA) is 133 Å². The van der Waals surface area contributed by atoms with Gasteiger partial charge in [0.1, 0.15) is 17.2 Å². The van der Waals surface area contributed by atoms with Crippen LogP contribution in [0, 0.1) is 5.92 Å². The number of hydrogen-bond donors (Lipinski definition) is 2. The molecular formula is C24H27N5O4S. The lowest BCUT2D eigenvalue weighted by atomic mass is 9.76. The van der Waals surface area contributed by atoms with Crippen molar-refractivity contribution in [2.75, 3.05) is 12.8 Å². The number of aryl methyl sites for hydroxylation is 1. The molecule has 1 aromatic carbocycles. The highest BCUT2D eigenvalue weighted by molar-refractivity contribution is 8.01. The zero-order valence-corrected chi connectivity index (χ0v) is 19.8. The van der Waals surface area contributed by atoms with Gasteiger partial charge >= 0.3 is 5.97 Å². The second-order valence-corrected chi connectivity index (χ2v) is 10.1. The molecule has 1 aliphatic carbocycles. The van der Waals surface area contributed by atoms with Gasteiger partial charge in [0.15, 0.2) is 21.8 Å². The Hall–Kier alpha value is -3.14. The van der Waals surface area contributed by atoms with Crippen molar-refractivity contribution < 1.29 is 19.1 Å². The highest BCUT2D eigenvalue weighted by Gasteiger charge is 2.52. The summed E-state index contributed by atoms with van der Waals surface area (Å²) >= 11 is 0.987. The minimum absolute atomic E-state index is 0.144. The molecule has 0 radical (unpaired) electrons. The van der Waals surface area contributed by atoms with Crippen LogP contribution in [0.15, 0.2) is 35.6 Å². The maximum absolute atomic E-state index is 13.3. The Kier molecular flexibility index (Phi) is 6.16. The van der Waals surface area contributed by atoms with Gasteiger partial charge in [-0.15, -0.1) is 0 Å². The van der Waals surface area contributed by atoms with Gasteiger partial charge in [-0.3, -0.25) is 14.7 Å². The van der Waals surface area contributed by atoms with Crippen LogP contribution in [-0.4, -0.2) is 49.9 Å². The van der Waals surface area contributed by atoms with Gasteiger partial charge in [-0.05, 0) is 49.3 Å². The van der Waals surface area contributed by atoms with Crippen LogP contribution in [0.2, 0.25) is 0 Å². The third-order valence-corrected chi connectivity index (χ3v) is 8.01. The molecule has 10 heteroatoms. The maximum atomic E-state index is 13.3. The number of H-pyrrole nitrogens is 1. The molecule has 3 heterocycles. The molecule has 0 amide bonds. The number of carbonyl (C=O) groups excluding carboxylic acids is 2. The number of ketones is 1. The minimum Gasteiger partial charge on any atom is -0.497 e. The highest BCUT2D eigenvalue weighted by Crippen LogP contribution is 2.45. The van der Waals surface area contributed by atoms with Gasteiger partial charge in [0.2, 0.25) is 0 Å². The van der Waals surface area contributed by atoms with Crippen LogP contribution in [0.4, 0.5) is 5.82 Å². The lowest BCUT2D eigenvalue weighted by molar-refractivity contribution is -0.177. The van der Waals surface area contributed by atoms with Crippen molar-refractivity contribution in [3.05, 3.63) is 36.0 Å². The first kappa shape index (κ1) is 22.6. The number of benzene rings is 1. The standard InChI is InChI=1S/C24H27N5O4S/c1-32-16-8-6-14(7-9-16)10-11-24(15-4-2-3-5-15)12-18(30)19(22(31)33-24)34-23-27-20(25)17-13-26-29-21(17)28-23/h6-9,13,15,19H,2-5,10-12H2,1H3,(H3,25,26,27,28,29). The molecule has 2 aliphatic rings. The quantitative estimate of drug-likeness (QED) is 0.295. The first-order chi connectivity index (χ1) is 16.5. The zero-order valence-electron chi connectivity index (χ0n) is 19.0. The van der Waals surface area contributed by atoms with Crippen LogP contribution in [0.5, 0.6) is 5.75 Å². The largest absolute Gasteiger partial charge is 0.497 e. The van der Waals surface area contributed by atoms with Crippen molar-refractivity contribution in [1.82, 2.24) is 20.2 Å². The number of carbonyl (C=O) groups is 2. The van der Waals surface area contributed by atoms with E-state index in [0.29, 0.717) is 17.5 Å². The third-order valence-electron chi connectivity index (χ3n) is 6.92. The second-order valence-electron chi connectivity index (χ2n) is 8.98. The number of anilines is 1. The summed E-state index contributed by atoms with van der Waals surface area (Å²) in [6.45, 7) is 0. The van der Waals surface area contributed by atoms with Crippen LogP contribution in [0.1, 0.15) is 44.1 Å². The fourth-order valence-corrected chi connectivity index (χ4v) is 5.95. The molecule has 5 rings (SSSR count). The molecule has 3 N–H and O–H groups in total. The summed E-state index contributed by atoms with van der Waals surface area (Å²) in [6.07, 6.45) is 7.20. The van der Waals surface area contributed by atoms with E-state index in [4.69, 9.17) is 15.2 Å². The summed E-state index contributed by atoms with van der Waals surface area (Å²) < 4.78 is 11.4. The molecule has 9 nitrogen and oxygen atoms in total. The van der Waals surface area contributed by atoms with Gasteiger partial charge < -0.3 is 15.2 Å². The van der Waals surface area contributed by atoms with Crippen LogP contribution < -0.4 is 10.5 Å². The van der Waals surface area contributed by atoms with E-state index in [1.807, 2.05) is 24.3 Å². The number of methoxy groups -OCH3 is 1. The number of nitrogens with two attached hydrogens (primary N) is 1. The fourth-order valence-electron chi connectivity index (χ4n) is 5.09. The van der Waals surface area contributed by atoms with Gasteiger partial charge in [0, 0.05) is 6.42 Å². The summed E-state index contributed by atoms with van der Waals surface area (Å²) in [5.41, 5.74) is 6.80. The van der Waals surface area contributed by atoms with Gasteiger partial charge in [-0.1, -0.05) is 36.7 Å². The number of ether oxygens (including phenoxy) is 2. The highest BCUT2D eigenvalue weighted by atomic mass is 32.2. The van der Waals surface area contributed by atoms with Crippen LogP contribution in [0.3, 0.4) is 0 Å². The Morgan fingerprint density at radius 1 is 1.21 bits per heavy atom. The van der Waals surface area contributed by atoms with E-state index in [0.717, 1.165) is 55.2 Å². The number of esters is 1. The van der Waals surface area contributed by atoms with Crippen molar-refractivity contribution in [3.8, 4) is 5.75 Å². The number of hydrogen-bond acceptors (Lipinski definition) is 9. The molecule has 2 unspecified atom stereocenters. The van der Waals surface area contributed by atoms with E-state index in [9.17, 15) is 9.59 Å². The summed E-state index contributed by atoms with van der Waals surface area (Å²) in [4.78, 5) is 35.1. The predicted octanol–water partition coefficient (Wildman–Crippen LogP) is 3.48. The molecule has 3 aromatic rings. The fraction of sp³-hybridized carbons (Fsp3) is 0.458. The van der Waals surface area contributed by atoms with Gasteiger partial charge in [-0.2, -0.15) is 5.10 Å². The summed E-state index contributed by atoms with van der Waals surface area (Å²) in [5.74, 6) is 0.574. The number of nitrogen functional groups attached to an aromatic ring is 1. The minimum atomic E-state index is -1.00. The van der Waals surface area contributed by atoms with E-state index in [-0.39, 0.29) is 29.1 Å². The molecule has 34 heavy (non-hydrogen) atoms. The van der Waals surface area contributed by atoms with Crippen LogP contribution in [0.25, 0.3) is 11.0 Å². The normalized spacial score (nSPS) is 23.4. The Morgan fingerprint density at radius 2 is 1.97 bits per heavy atom. The van der Waals surface area contributed by atoms with E-state index in [1.165, 1.54) is 6.20 Å². The number of rotatable bonds is 7. The molecular weight excluding hydrogens is 454 g/mol. The number of thioether (sulfide) groups is 1. The molecule has 2 fully saturated rings. The molecule has 178 valence electrons. The first-order valence-corrected chi connectivity index (χ1v) is 12.4. The van der Waals surface area contributed by atoms with Crippen LogP contribution in [-0.2, 0) is 20.7 Å². The Morgan fingerprint density at radius 3 is 2.68 bits per heavy atom. The summed E-state index contributed by atoms with van der Waals surface area (Å²) in [5, 5.41) is 6.50. The van der Waals surface area contributed by atoms with E-state index in [2.05, 4.69) is 20.2 Å². The number of cyclic esters (lactones) is 1. The number of nitrogens with one attached hydrogen (secondary N) is 1. The summed E-state index contributed by atoms with van der Waals surface area (Å²) in [7, 11) is 1.64. The first-order valence-electron chi connectivity index (χ1n) is 11.5. The number of aromatic amines is 1. The number of fused-ring (bicyclic) bond motifs is 1. The molecule has 0 spiro atoms. The molecule has 1 aliphatic heterocycles. The predicted molar refractivity (Wildman–Crippen MR) is 127 cm³/mol. The molecule has 2 atom stereocenters. The van der Waals surface area contributed by atoms with Crippen molar-refractivity contribution >= 4 is 40.4 Å². The Labute approximate surface area is 201 Å². The summed E-state index contributed by atoms with van der Waals surface area (Å²) in [6, 6.07) is 7.87. The monoisotopic (exact) mass is 481 g/mol. The smallest absolute Gasteiger partial charge is 0.327 e. The van der Waals surface area contributed by atoms with Crippen molar-refractivity contribution in [2.45, 2.75) is 61.0 Å². The van der Waals surface area contributed by atoms with Crippen LogP contribution >= 0.6 is 11.8 Å². The lowest BCUT2D eigenvalue weighted by Crippen LogP contribution is -2.53. The Balaban J connectivity index is 1.34. The molecule has 1 saturated carbocycles. The maximum Gasteiger partial charge on any atom is 0.327 e. The van der Waals surface area contributed by atoms with Gasteiger partial charge in [0.25, 0.3) is 0 Å². The zero-order chi connectivity index (χ0) is 23.7. The van der Waals surface area contributed by atoms with Crippen molar-refractivity contribution in [1.29, 1.82) is 0 Å². The number of nitrogens with zero attached hydrogens (tertiary/aromatic N) is 3. The third kappa shape index (κ3) is 4.34. The number of Topliss-reactive ketones (excluding diaryl/α,β-unsaturated/α-hetero) is 1. The van der Waals surface area contributed by atoms with Crippen molar-refractivity contribution in [2.24, 2.45) is 5.92 Å². The average molecular weight is 482 g/mol. The van der Waals surface area contributed by atoms with Gasteiger partial charge in [-0.25, -0.2) is 9.97 Å². The molecule has 2 aromatic heterocycles. The van der Waals surface area contributed by atoms with E-state index < -0.39 is 16.8 Å². The number of aromatic nitrogens is 4. The van der Waals surface area contributed by atoms with Crippen molar-refractivity contribution in [3.63, 3.8) is 0 Å². The van der Waals surface area contributed by atoms with Gasteiger partial charge in [0.05, 0.1) is 18.7 Å². The second kappa shape index (κ2) is 9.25. The SMILES string of the molecule is COc1ccc(CCC2(C3CCCC3)CC(=O)C(Sc3nc(N)c4cn[nH]c4n3)C(=O)O2)cc1. The van der Waals surface area contributed by atoms with E-state index >= 15 is 0 Å². The Bertz CT molecular complexity index is 1190. The molecule has 0 bridgehead atoms. The lowest BCUT2D eigenvalue weighted by Gasteiger charge is -2.42. The molecule has 1 saturated heterocycles. The van der Waals surface area contributed by atoms with E-state index in [1.54, 1.807) is 7.11 Å².